The summed E-state index contributed by atoms with van der Waals surface area (Å²) in [5.74, 6) is 0.0240. The molecule has 0 spiro atoms. The summed E-state index contributed by atoms with van der Waals surface area (Å²) in [7, 11) is 0. The Hall–Kier alpha value is -1.75. The van der Waals surface area contributed by atoms with Crippen molar-refractivity contribution in [2.75, 3.05) is 26.2 Å². The molecule has 1 aromatic carbocycles. The van der Waals surface area contributed by atoms with Crippen LogP contribution in [-0.2, 0) is 6.42 Å². The van der Waals surface area contributed by atoms with Crippen molar-refractivity contribution in [2.45, 2.75) is 27.2 Å². The summed E-state index contributed by atoms with van der Waals surface area (Å²) in [5, 5.41) is 10.2. The Morgan fingerprint density at radius 2 is 1.96 bits per heavy atom. The summed E-state index contributed by atoms with van der Waals surface area (Å²) in [6, 6.07) is 4.47. The van der Waals surface area contributed by atoms with E-state index >= 15 is 0 Å². The summed E-state index contributed by atoms with van der Waals surface area (Å²) in [6.45, 7) is 8.00. The predicted octanol–water partition coefficient (Wildman–Crippen LogP) is 3.04. The molecule has 0 saturated heterocycles. The predicted molar refractivity (Wildman–Crippen MR) is 123 cm³/mol. The SMILES string of the molecule is CCNC(=NCCc1ncc(C)s1)NCCNC(=O)c1ccc(C)c(F)c1.I. The Balaban J connectivity index is 0.00000392. The van der Waals surface area contributed by atoms with Crippen molar-refractivity contribution in [3.8, 4) is 0 Å². The first-order chi connectivity index (χ1) is 13.0. The molecule has 2 rings (SSSR count). The minimum atomic E-state index is -0.377. The number of hydrogen-bond acceptors (Lipinski definition) is 4. The number of nitrogens with zero attached hydrogens (tertiary/aromatic N) is 2. The van der Waals surface area contributed by atoms with E-state index in [0.717, 1.165) is 18.0 Å². The van der Waals surface area contributed by atoms with E-state index < -0.39 is 0 Å². The number of carbonyl (C=O) groups excluding carboxylic acids is 1. The van der Waals surface area contributed by atoms with Crippen LogP contribution in [0.25, 0.3) is 0 Å². The van der Waals surface area contributed by atoms with Crippen LogP contribution in [0.15, 0.2) is 29.4 Å². The molecule has 0 atom stereocenters. The highest BCUT2D eigenvalue weighted by Crippen LogP contribution is 2.11. The number of aliphatic imine (C=N–C) groups is 1. The number of rotatable bonds is 8. The zero-order chi connectivity index (χ0) is 19.6. The van der Waals surface area contributed by atoms with Crippen LogP contribution in [0.2, 0.25) is 0 Å². The quantitative estimate of drug-likeness (QED) is 0.217. The molecule has 1 heterocycles. The highest BCUT2D eigenvalue weighted by molar-refractivity contribution is 14.0. The Labute approximate surface area is 186 Å². The van der Waals surface area contributed by atoms with Gasteiger partial charge in [0.2, 0.25) is 0 Å². The summed E-state index contributed by atoms with van der Waals surface area (Å²) >= 11 is 1.68. The number of hydrogen-bond donors (Lipinski definition) is 3. The zero-order valence-corrected chi connectivity index (χ0v) is 19.5. The van der Waals surface area contributed by atoms with E-state index in [-0.39, 0.29) is 35.7 Å². The van der Waals surface area contributed by atoms with E-state index in [1.165, 1.54) is 10.9 Å². The largest absolute Gasteiger partial charge is 0.357 e. The lowest BCUT2D eigenvalue weighted by Crippen LogP contribution is -2.41. The first-order valence-corrected chi connectivity index (χ1v) is 9.79. The molecular weight excluding hydrogens is 492 g/mol. The second kappa shape index (κ2) is 12.7. The molecule has 0 radical (unpaired) electrons. The molecule has 28 heavy (non-hydrogen) atoms. The van der Waals surface area contributed by atoms with Crippen LogP contribution in [0, 0.1) is 19.7 Å². The number of carbonyl (C=O) groups is 1. The molecular formula is C19H27FIN5OS. The molecule has 0 aliphatic heterocycles. The molecule has 1 amide bonds. The van der Waals surface area contributed by atoms with Crippen molar-refractivity contribution >= 4 is 47.2 Å². The van der Waals surface area contributed by atoms with Gasteiger partial charge in [-0.2, -0.15) is 0 Å². The Morgan fingerprint density at radius 1 is 1.21 bits per heavy atom. The molecule has 6 nitrogen and oxygen atoms in total. The van der Waals surface area contributed by atoms with Gasteiger partial charge in [0, 0.05) is 49.2 Å². The number of thiazole rings is 1. The van der Waals surface area contributed by atoms with E-state index in [1.54, 1.807) is 30.4 Å². The smallest absolute Gasteiger partial charge is 0.251 e. The van der Waals surface area contributed by atoms with Gasteiger partial charge in [-0.3, -0.25) is 9.79 Å². The van der Waals surface area contributed by atoms with E-state index in [9.17, 15) is 9.18 Å². The lowest BCUT2D eigenvalue weighted by atomic mass is 10.1. The molecule has 0 saturated carbocycles. The molecule has 0 unspecified atom stereocenters. The van der Waals surface area contributed by atoms with Gasteiger partial charge >= 0.3 is 0 Å². The molecule has 9 heteroatoms. The molecule has 0 aliphatic carbocycles. The number of aryl methyl sites for hydroxylation is 2. The maximum absolute atomic E-state index is 13.5. The fourth-order valence-electron chi connectivity index (χ4n) is 2.32. The topological polar surface area (TPSA) is 78.4 Å². The van der Waals surface area contributed by atoms with Crippen molar-refractivity contribution in [1.82, 2.24) is 20.9 Å². The number of benzene rings is 1. The van der Waals surface area contributed by atoms with Crippen molar-refractivity contribution in [3.05, 3.63) is 51.2 Å². The average Bonchev–Trinajstić information content (AvgIpc) is 3.06. The molecule has 3 N–H and O–H groups in total. The van der Waals surface area contributed by atoms with E-state index in [0.29, 0.717) is 36.7 Å². The van der Waals surface area contributed by atoms with Gasteiger partial charge < -0.3 is 16.0 Å². The number of nitrogens with one attached hydrogen (secondary N) is 3. The molecule has 2 aromatic rings. The number of aromatic nitrogens is 1. The molecule has 0 aliphatic rings. The summed E-state index contributed by atoms with van der Waals surface area (Å²) in [4.78, 5) is 22.1. The summed E-state index contributed by atoms with van der Waals surface area (Å²) in [6.07, 6.45) is 2.67. The van der Waals surface area contributed by atoms with E-state index in [1.807, 2.05) is 20.0 Å². The van der Waals surface area contributed by atoms with Gasteiger partial charge in [0.05, 0.1) is 5.01 Å². The van der Waals surface area contributed by atoms with Crippen molar-refractivity contribution in [3.63, 3.8) is 0 Å². The Morgan fingerprint density at radius 3 is 2.61 bits per heavy atom. The monoisotopic (exact) mass is 519 g/mol. The first kappa shape index (κ1) is 24.3. The van der Waals surface area contributed by atoms with Gasteiger partial charge in [0.15, 0.2) is 5.96 Å². The van der Waals surface area contributed by atoms with Crippen LogP contribution in [0.4, 0.5) is 4.39 Å². The van der Waals surface area contributed by atoms with Gasteiger partial charge in [-0.1, -0.05) is 6.07 Å². The average molecular weight is 519 g/mol. The molecule has 0 fully saturated rings. The normalized spacial score (nSPS) is 10.9. The maximum Gasteiger partial charge on any atom is 0.251 e. The summed E-state index contributed by atoms with van der Waals surface area (Å²) < 4.78 is 13.5. The second-order valence-corrected chi connectivity index (χ2v) is 7.34. The lowest BCUT2D eigenvalue weighted by molar-refractivity contribution is 0.0954. The lowest BCUT2D eigenvalue weighted by Gasteiger charge is -2.12. The van der Waals surface area contributed by atoms with Crippen LogP contribution >= 0.6 is 35.3 Å². The van der Waals surface area contributed by atoms with Crippen molar-refractivity contribution < 1.29 is 9.18 Å². The van der Waals surface area contributed by atoms with Gasteiger partial charge in [0.1, 0.15) is 5.82 Å². The fraction of sp³-hybridized carbons (Fsp3) is 0.421. The third-order valence-corrected chi connectivity index (χ3v) is 4.72. The minimum Gasteiger partial charge on any atom is -0.357 e. The molecule has 0 bridgehead atoms. The van der Waals surface area contributed by atoms with E-state index in [2.05, 4.69) is 25.9 Å². The third-order valence-electron chi connectivity index (χ3n) is 3.75. The van der Waals surface area contributed by atoms with Gasteiger partial charge in [-0.15, -0.1) is 35.3 Å². The van der Waals surface area contributed by atoms with Crippen LogP contribution < -0.4 is 16.0 Å². The van der Waals surface area contributed by atoms with Crippen molar-refractivity contribution in [2.24, 2.45) is 4.99 Å². The Kier molecular flexibility index (Phi) is 11.0. The van der Waals surface area contributed by atoms with Gasteiger partial charge in [-0.25, -0.2) is 9.37 Å². The summed E-state index contributed by atoms with van der Waals surface area (Å²) in [5.41, 5.74) is 0.838. The van der Waals surface area contributed by atoms with Crippen molar-refractivity contribution in [1.29, 1.82) is 0 Å². The van der Waals surface area contributed by atoms with Gasteiger partial charge in [-0.05, 0) is 38.5 Å². The number of amides is 1. The van der Waals surface area contributed by atoms with Gasteiger partial charge in [0.25, 0.3) is 5.91 Å². The van der Waals surface area contributed by atoms with Crippen LogP contribution in [0.3, 0.4) is 0 Å². The second-order valence-electron chi connectivity index (χ2n) is 6.02. The van der Waals surface area contributed by atoms with Crippen LogP contribution in [0.5, 0.6) is 0 Å². The first-order valence-electron chi connectivity index (χ1n) is 8.97. The minimum absolute atomic E-state index is 0. The van der Waals surface area contributed by atoms with Crippen LogP contribution in [-0.4, -0.2) is 43.0 Å². The highest BCUT2D eigenvalue weighted by Gasteiger charge is 2.07. The standard InChI is InChI=1S/C19H26FN5OS.HI/c1-4-21-19(23-8-7-17-25-12-14(3)27-17)24-10-9-22-18(26)15-6-5-13(2)16(20)11-15;/h5-6,11-12H,4,7-10H2,1-3H3,(H,22,26)(H2,21,23,24);1H. The molecule has 154 valence electrons. The maximum atomic E-state index is 13.5. The van der Waals surface area contributed by atoms with Crippen LogP contribution in [0.1, 0.15) is 32.7 Å². The fourth-order valence-corrected chi connectivity index (χ4v) is 3.09. The zero-order valence-electron chi connectivity index (χ0n) is 16.3. The molecule has 1 aromatic heterocycles. The number of halogens is 2. The number of guanidine groups is 1. The highest BCUT2D eigenvalue weighted by atomic mass is 127. The van der Waals surface area contributed by atoms with E-state index in [4.69, 9.17) is 0 Å². The Bertz CT molecular complexity index is 796. The third kappa shape index (κ3) is 8.09.